The lowest BCUT2D eigenvalue weighted by Gasteiger charge is -2.28. The molecule has 0 aromatic heterocycles. The minimum absolute atomic E-state index is 0.0195. The fourth-order valence-electron chi connectivity index (χ4n) is 8.69. The highest BCUT2D eigenvalue weighted by Crippen LogP contribution is 2.13. The number of hydrogen-bond donors (Lipinski definition) is 4. The summed E-state index contributed by atoms with van der Waals surface area (Å²) in [5.74, 6) is -5.64. The summed E-state index contributed by atoms with van der Waals surface area (Å²) in [5, 5.41) is 37.2. The van der Waals surface area contributed by atoms with E-state index in [1.54, 1.807) is 11.9 Å². The predicted octanol–water partition coefficient (Wildman–Crippen LogP) is 11.5. The lowest BCUT2D eigenvalue weighted by molar-refractivity contribution is -0.163. The second-order valence-corrected chi connectivity index (χ2v) is 21.0. The molecule has 468 valence electrons. The van der Waals surface area contributed by atoms with Crippen LogP contribution in [0, 0.1) is 0 Å². The molecule has 82 heavy (non-hydrogen) atoms. The molecule has 0 aliphatic heterocycles. The fraction of sp³-hybridized carbons (Fsp3) is 0.703. The van der Waals surface area contributed by atoms with E-state index in [-0.39, 0.29) is 63.8 Å². The number of likely N-dealkylation sites (N-methyl/N-ethyl adjacent to an activating group) is 1. The molecule has 0 heterocycles. The molecular weight excluding hydrogens is 1050 g/mol. The third kappa shape index (κ3) is 53.9. The Bertz CT molecular complexity index is 1850. The number of carboxylic acid groups (broad SMARTS) is 4. The van der Waals surface area contributed by atoms with Crippen molar-refractivity contribution in [3.05, 3.63) is 72.9 Å². The van der Waals surface area contributed by atoms with Gasteiger partial charge in [0.25, 0.3) is 0 Å². The van der Waals surface area contributed by atoms with Crippen LogP contribution in [0.2, 0.25) is 0 Å². The quantitative estimate of drug-likeness (QED) is 0.0251. The number of aliphatic carboxylic acids is 4. The molecule has 0 saturated heterocycles. The molecule has 0 bridgehead atoms. The van der Waals surface area contributed by atoms with Crippen molar-refractivity contribution in [1.29, 1.82) is 0 Å². The molecule has 1 atom stereocenters. The molecule has 0 spiro atoms. The molecule has 0 saturated carbocycles. The number of carboxylic acids is 4. The Morgan fingerprint density at radius 1 is 0.390 bits per heavy atom. The van der Waals surface area contributed by atoms with Crippen molar-refractivity contribution in [2.24, 2.45) is 0 Å². The summed E-state index contributed by atoms with van der Waals surface area (Å²) in [5.41, 5.74) is 0. The molecule has 4 N–H and O–H groups in total. The Balaban J connectivity index is 4.75. The second kappa shape index (κ2) is 56.1. The Kier molecular flexibility index (Phi) is 52.4. The van der Waals surface area contributed by atoms with E-state index >= 15 is 0 Å². The lowest BCUT2D eigenvalue weighted by Crippen LogP contribution is -2.46. The van der Waals surface area contributed by atoms with Crippen LogP contribution < -0.4 is 0 Å². The number of ether oxygens (including phenoxy) is 3. The van der Waals surface area contributed by atoms with Gasteiger partial charge in [-0.15, -0.1) is 0 Å². The van der Waals surface area contributed by atoms with E-state index in [0.717, 1.165) is 172 Å². The standard InChI is InChI=1S/C64H108N4O14/c1-4-6-8-10-12-14-16-18-20-22-24-26-30-34-38-42-63(78)81-56-57(82-64(79)43-39-35-31-27-25-23-21-19-17-15-13-11-9-7-5-2)55-80-49-41-37-33-29-28-32-36-40-44-65(3)58(69)50-67(52-60(72)73)47-45-66(51-59(70)71)46-48-68(53-61(74)75)54-62(76)77/h6-9,12-15,18-21,57H,4-5,10-11,16-17,22-56H2,1-3H3,(H,70,71)(H,72,73)(H,74,75)(H,76,77)/b8-6+,9-7+,14-12+,15-13+,20-18+,21-19+. The van der Waals surface area contributed by atoms with E-state index in [4.69, 9.17) is 24.4 Å². The van der Waals surface area contributed by atoms with E-state index < -0.39 is 56.2 Å². The molecule has 0 radical (unpaired) electrons. The van der Waals surface area contributed by atoms with Crippen molar-refractivity contribution >= 4 is 41.7 Å². The zero-order chi connectivity index (χ0) is 60.5. The number of carbonyl (C=O) groups excluding carboxylic acids is 3. The zero-order valence-corrected chi connectivity index (χ0v) is 50.7. The maximum absolute atomic E-state index is 13.1. The van der Waals surface area contributed by atoms with Crippen LogP contribution in [0.15, 0.2) is 72.9 Å². The number of nitrogens with zero attached hydrogens (tertiary/aromatic N) is 4. The van der Waals surface area contributed by atoms with Crippen molar-refractivity contribution in [2.45, 2.75) is 200 Å². The topological polar surface area (TPSA) is 241 Å². The van der Waals surface area contributed by atoms with E-state index in [0.29, 0.717) is 26.0 Å². The van der Waals surface area contributed by atoms with Crippen molar-refractivity contribution in [3.63, 3.8) is 0 Å². The van der Waals surface area contributed by atoms with Gasteiger partial charge in [-0.3, -0.25) is 48.3 Å². The van der Waals surface area contributed by atoms with Crippen LogP contribution in [-0.4, -0.2) is 180 Å². The van der Waals surface area contributed by atoms with Crippen LogP contribution >= 0.6 is 0 Å². The van der Waals surface area contributed by atoms with Crippen molar-refractivity contribution in [3.8, 4) is 0 Å². The molecule has 18 nitrogen and oxygen atoms in total. The van der Waals surface area contributed by atoms with Crippen LogP contribution in [-0.2, 0) is 47.8 Å². The van der Waals surface area contributed by atoms with Crippen molar-refractivity contribution < 1.29 is 68.2 Å². The highest BCUT2D eigenvalue weighted by molar-refractivity contribution is 5.79. The number of hydrogen-bond acceptors (Lipinski definition) is 13. The predicted molar refractivity (Wildman–Crippen MR) is 325 cm³/mol. The molecule has 0 fully saturated rings. The first kappa shape index (κ1) is 76.6. The summed E-state index contributed by atoms with van der Waals surface area (Å²) < 4.78 is 17.4. The minimum Gasteiger partial charge on any atom is -0.480 e. The first-order valence-corrected chi connectivity index (χ1v) is 30.8. The van der Waals surface area contributed by atoms with Crippen LogP contribution in [0.4, 0.5) is 0 Å². The summed E-state index contributed by atoms with van der Waals surface area (Å²) in [4.78, 5) is 89.8. The first-order chi connectivity index (χ1) is 39.7. The number of allylic oxidation sites excluding steroid dienone is 12. The molecule has 0 aliphatic carbocycles. The van der Waals surface area contributed by atoms with E-state index in [1.165, 1.54) is 9.80 Å². The van der Waals surface area contributed by atoms with E-state index in [1.807, 2.05) is 0 Å². The summed E-state index contributed by atoms with van der Waals surface area (Å²) >= 11 is 0. The van der Waals surface area contributed by atoms with Crippen molar-refractivity contribution in [2.75, 3.05) is 92.3 Å². The Hall–Kier alpha value is -5.43. The van der Waals surface area contributed by atoms with Crippen molar-refractivity contribution in [1.82, 2.24) is 19.6 Å². The summed E-state index contributed by atoms with van der Waals surface area (Å²) in [6, 6.07) is 0. The zero-order valence-electron chi connectivity index (χ0n) is 50.7. The Morgan fingerprint density at radius 2 is 0.756 bits per heavy atom. The molecule has 0 aromatic rings. The SMILES string of the molecule is CC/C=C/C/C=C/C/C=C/CCCCCCCC(=O)OCC(COCCCCCCCCCCN(C)C(=O)CN(CCN(CCN(CC(=O)O)CC(=O)O)CC(=O)O)CC(=O)O)OC(=O)CCCCCCC/C=C/C/C=C/C/C=C/CC. The van der Waals surface area contributed by atoms with Gasteiger partial charge < -0.3 is 39.5 Å². The van der Waals surface area contributed by atoms with Gasteiger partial charge in [0.15, 0.2) is 6.10 Å². The normalized spacial score (nSPS) is 12.5. The molecular formula is C64H108N4O14. The Morgan fingerprint density at radius 3 is 1.22 bits per heavy atom. The highest BCUT2D eigenvalue weighted by Gasteiger charge is 2.22. The molecule has 1 amide bonds. The van der Waals surface area contributed by atoms with Crippen LogP contribution in [0.5, 0.6) is 0 Å². The second-order valence-electron chi connectivity index (χ2n) is 21.0. The van der Waals surface area contributed by atoms with Gasteiger partial charge in [0.2, 0.25) is 5.91 Å². The van der Waals surface area contributed by atoms with Gasteiger partial charge in [-0.2, -0.15) is 0 Å². The first-order valence-electron chi connectivity index (χ1n) is 30.8. The molecule has 1 unspecified atom stereocenters. The van der Waals surface area contributed by atoms with Gasteiger partial charge in [0.05, 0.1) is 39.3 Å². The number of rotatable bonds is 58. The number of esters is 2. The maximum Gasteiger partial charge on any atom is 0.317 e. The summed E-state index contributed by atoms with van der Waals surface area (Å²) in [7, 11) is 1.66. The number of unbranched alkanes of at least 4 members (excludes halogenated alkanes) is 17. The maximum atomic E-state index is 13.1. The fourth-order valence-corrected chi connectivity index (χ4v) is 8.69. The number of carbonyl (C=O) groups is 7. The van der Waals surface area contributed by atoms with E-state index in [2.05, 4.69) is 86.8 Å². The molecule has 0 aliphatic rings. The summed E-state index contributed by atoms with van der Waals surface area (Å²) in [6.45, 7) is 3.32. The third-order valence-electron chi connectivity index (χ3n) is 13.3. The molecule has 0 aromatic carbocycles. The van der Waals surface area contributed by atoms with Gasteiger partial charge in [0, 0.05) is 59.2 Å². The summed E-state index contributed by atoms with van der Waals surface area (Å²) in [6.07, 6.45) is 52.3. The van der Waals surface area contributed by atoms with Gasteiger partial charge in [0.1, 0.15) is 6.61 Å². The molecule has 18 heteroatoms. The lowest BCUT2D eigenvalue weighted by atomic mass is 10.1. The van der Waals surface area contributed by atoms with Crippen LogP contribution in [0.25, 0.3) is 0 Å². The smallest absolute Gasteiger partial charge is 0.317 e. The average Bonchev–Trinajstić information content (AvgIpc) is 3.44. The Labute approximate surface area is 492 Å². The minimum atomic E-state index is -1.23. The largest absolute Gasteiger partial charge is 0.480 e. The third-order valence-corrected chi connectivity index (χ3v) is 13.3. The van der Waals surface area contributed by atoms with Gasteiger partial charge in [-0.25, -0.2) is 0 Å². The number of amides is 1. The van der Waals surface area contributed by atoms with Crippen LogP contribution in [0.3, 0.4) is 0 Å². The highest BCUT2D eigenvalue weighted by atomic mass is 16.6. The van der Waals surface area contributed by atoms with E-state index in [9.17, 15) is 43.8 Å². The molecule has 0 rings (SSSR count). The van der Waals surface area contributed by atoms with Crippen LogP contribution in [0.1, 0.15) is 194 Å². The average molecular weight is 1160 g/mol. The van der Waals surface area contributed by atoms with Gasteiger partial charge in [-0.05, 0) is 89.9 Å². The van der Waals surface area contributed by atoms with Gasteiger partial charge in [-0.1, -0.05) is 164 Å². The van der Waals surface area contributed by atoms with Gasteiger partial charge >= 0.3 is 35.8 Å². The monoisotopic (exact) mass is 1160 g/mol.